The molecule has 1 fully saturated rings. The average molecular weight is 486 g/mol. The molecule has 2 aromatic rings. The van der Waals surface area contributed by atoms with Gasteiger partial charge in [-0.2, -0.15) is 0 Å². The summed E-state index contributed by atoms with van der Waals surface area (Å²) in [7, 11) is 1.82. The first-order valence-electron chi connectivity index (χ1n) is 9.64. The lowest BCUT2D eigenvalue weighted by atomic mass is 9.95. The highest BCUT2D eigenvalue weighted by molar-refractivity contribution is 9.10. The summed E-state index contributed by atoms with van der Waals surface area (Å²) in [6.07, 6.45) is 2.28. The van der Waals surface area contributed by atoms with Crippen molar-refractivity contribution in [3.05, 3.63) is 50.0 Å². The molecule has 0 saturated carbocycles. The highest BCUT2D eigenvalue weighted by Crippen LogP contribution is 2.36. The molecular weight excluding hydrogens is 464 g/mol. The molecular formula is C20H22BrF2N3O2S. The highest BCUT2D eigenvalue weighted by Gasteiger charge is 2.32. The van der Waals surface area contributed by atoms with Crippen LogP contribution in [0.15, 0.2) is 16.6 Å². The van der Waals surface area contributed by atoms with E-state index < -0.39 is 11.6 Å². The number of carbonyl (C=O) groups is 1. The first kappa shape index (κ1) is 20.7. The van der Waals surface area contributed by atoms with Gasteiger partial charge < -0.3 is 19.2 Å². The third-order valence-electron chi connectivity index (χ3n) is 5.97. The van der Waals surface area contributed by atoms with Crippen molar-refractivity contribution in [3.8, 4) is 0 Å². The Morgan fingerprint density at radius 2 is 2.10 bits per heavy atom. The van der Waals surface area contributed by atoms with Crippen LogP contribution in [-0.2, 0) is 28.9 Å². The van der Waals surface area contributed by atoms with Gasteiger partial charge in [0.05, 0.1) is 10.9 Å². The van der Waals surface area contributed by atoms with Gasteiger partial charge in [-0.3, -0.25) is 4.79 Å². The molecule has 3 heterocycles. The van der Waals surface area contributed by atoms with Crippen molar-refractivity contribution < 1.29 is 18.3 Å². The van der Waals surface area contributed by atoms with E-state index in [9.17, 15) is 13.6 Å². The number of hydrogen-bond acceptors (Lipinski definition) is 3. The zero-order chi connectivity index (χ0) is 20.7. The van der Waals surface area contributed by atoms with E-state index in [0.717, 1.165) is 24.2 Å². The van der Waals surface area contributed by atoms with E-state index >= 15 is 0 Å². The maximum atomic E-state index is 14.6. The lowest BCUT2D eigenvalue weighted by Gasteiger charge is -2.31. The van der Waals surface area contributed by atoms with Gasteiger partial charge in [0.25, 0.3) is 0 Å². The number of H-pyrrole nitrogens is 1. The number of rotatable bonds is 4. The summed E-state index contributed by atoms with van der Waals surface area (Å²) >= 11 is 8.54. The number of aromatic nitrogens is 2. The number of fused-ring (bicyclic) bond motifs is 1. The Kier molecular flexibility index (Phi) is 5.90. The fourth-order valence-electron chi connectivity index (χ4n) is 4.31. The topological polar surface area (TPSA) is 50.3 Å². The maximum Gasteiger partial charge on any atom is 0.228 e. The number of aromatic amines is 1. The largest absolute Gasteiger partial charge is 0.381 e. The number of nitrogens with zero attached hydrogens (tertiary/aromatic N) is 2. The normalized spacial score (nSPS) is 19.4. The van der Waals surface area contributed by atoms with Gasteiger partial charge in [0, 0.05) is 55.7 Å². The van der Waals surface area contributed by atoms with Gasteiger partial charge in [-0.05, 0) is 59.5 Å². The summed E-state index contributed by atoms with van der Waals surface area (Å²) in [4.78, 5) is 17.7. The predicted molar refractivity (Wildman–Crippen MR) is 110 cm³/mol. The molecule has 2 aliphatic heterocycles. The Hall–Kier alpha value is -1.58. The second-order valence-electron chi connectivity index (χ2n) is 7.65. The summed E-state index contributed by atoms with van der Waals surface area (Å²) in [5, 5.41) is 0. The van der Waals surface area contributed by atoms with E-state index in [1.807, 2.05) is 11.6 Å². The molecule has 0 aliphatic carbocycles. The second-order valence-corrected chi connectivity index (χ2v) is 8.89. The molecule has 4 rings (SSSR count). The molecule has 1 N–H and O–H groups in total. The van der Waals surface area contributed by atoms with Crippen LogP contribution < -0.4 is 0 Å². The summed E-state index contributed by atoms with van der Waals surface area (Å²) in [5.74, 6) is -1.50. The molecule has 5 nitrogen and oxygen atoms in total. The van der Waals surface area contributed by atoms with E-state index in [0.29, 0.717) is 31.0 Å². The van der Waals surface area contributed by atoms with E-state index in [4.69, 9.17) is 17.0 Å². The number of halogens is 3. The van der Waals surface area contributed by atoms with Gasteiger partial charge in [0.15, 0.2) is 4.77 Å². The Morgan fingerprint density at radius 1 is 1.38 bits per heavy atom. The van der Waals surface area contributed by atoms with Crippen LogP contribution in [0.2, 0.25) is 0 Å². The van der Waals surface area contributed by atoms with Crippen molar-refractivity contribution in [3.63, 3.8) is 0 Å². The van der Waals surface area contributed by atoms with Crippen LogP contribution >= 0.6 is 28.1 Å². The zero-order valence-electron chi connectivity index (χ0n) is 16.0. The average Bonchev–Trinajstić information content (AvgIpc) is 3.26. The highest BCUT2D eigenvalue weighted by atomic mass is 79.9. The lowest BCUT2D eigenvalue weighted by molar-refractivity contribution is -0.132. The summed E-state index contributed by atoms with van der Waals surface area (Å²) in [5.41, 5.74) is 1.65. The number of amides is 1. The summed E-state index contributed by atoms with van der Waals surface area (Å²) in [6.45, 7) is 1.72. The van der Waals surface area contributed by atoms with Crippen LogP contribution in [0.25, 0.3) is 0 Å². The molecule has 1 aromatic heterocycles. The maximum absolute atomic E-state index is 14.6. The summed E-state index contributed by atoms with van der Waals surface area (Å²) < 4.78 is 36.9. The van der Waals surface area contributed by atoms with E-state index in [1.165, 1.54) is 12.1 Å². The van der Waals surface area contributed by atoms with Gasteiger partial charge in [-0.15, -0.1) is 0 Å². The number of nitrogens with one attached hydrogen (secondary N) is 1. The van der Waals surface area contributed by atoms with Crippen LogP contribution in [-0.4, -0.2) is 46.7 Å². The minimum Gasteiger partial charge on any atom is -0.381 e. The van der Waals surface area contributed by atoms with Gasteiger partial charge in [-0.25, -0.2) is 8.78 Å². The monoisotopic (exact) mass is 485 g/mol. The Balaban J connectivity index is 1.54. The molecule has 1 saturated heterocycles. The molecule has 0 unspecified atom stereocenters. The molecule has 29 heavy (non-hydrogen) atoms. The zero-order valence-corrected chi connectivity index (χ0v) is 18.4. The molecule has 9 heteroatoms. The van der Waals surface area contributed by atoms with Crippen molar-refractivity contribution >= 4 is 34.1 Å². The van der Waals surface area contributed by atoms with Crippen molar-refractivity contribution in [2.75, 3.05) is 20.3 Å². The fraction of sp³-hybridized carbons (Fsp3) is 0.500. The van der Waals surface area contributed by atoms with Gasteiger partial charge in [0.2, 0.25) is 5.91 Å². The number of hydrogen-bond donors (Lipinski definition) is 1. The molecule has 0 radical (unpaired) electrons. The Labute approximate surface area is 181 Å². The predicted octanol–water partition coefficient (Wildman–Crippen LogP) is 4.11. The number of likely N-dealkylation sites (N-methyl/N-ethyl adjacent to an activating group) is 1. The summed E-state index contributed by atoms with van der Waals surface area (Å²) in [6, 6.07) is 2.81. The van der Waals surface area contributed by atoms with E-state index in [-0.39, 0.29) is 34.3 Å². The van der Waals surface area contributed by atoms with Crippen molar-refractivity contribution in [1.82, 2.24) is 14.5 Å². The lowest BCUT2D eigenvalue weighted by Crippen LogP contribution is -2.41. The minimum atomic E-state index is -0.576. The molecule has 1 aromatic carbocycles. The van der Waals surface area contributed by atoms with Crippen LogP contribution in [0.4, 0.5) is 8.78 Å². The second kappa shape index (κ2) is 8.28. The van der Waals surface area contributed by atoms with Crippen LogP contribution in [0.1, 0.15) is 35.7 Å². The number of ether oxygens (including phenoxy) is 1. The third kappa shape index (κ3) is 3.92. The molecule has 1 amide bonds. The van der Waals surface area contributed by atoms with Gasteiger partial charge >= 0.3 is 0 Å². The molecule has 2 aliphatic rings. The number of carbonyl (C=O) groups excluding carboxylic acids is 1. The SMILES string of the molecule is CN(C(=O)Cc1[nH]c(=S)n2c1C[C@H](c1c(F)ccc(Br)c1F)C2)C1CCOCC1. The van der Waals surface area contributed by atoms with Crippen LogP contribution in [0.5, 0.6) is 0 Å². The standard InChI is InChI=1S/C20H22BrF2N3O2S/c1-25(12-4-6-28-7-5-12)17(27)9-15-16-8-11(10-26(16)20(29)24-15)18-14(22)3-2-13(21)19(18)23/h2-3,11-12H,4-10H2,1H3,(H,24,29)/t11-/m0/s1. The minimum absolute atomic E-state index is 0.000170. The third-order valence-corrected chi connectivity index (χ3v) is 6.90. The van der Waals surface area contributed by atoms with Crippen molar-refractivity contribution in [1.29, 1.82) is 0 Å². The van der Waals surface area contributed by atoms with Crippen LogP contribution in [0, 0.1) is 16.4 Å². The first-order valence-corrected chi connectivity index (χ1v) is 10.8. The molecule has 0 bridgehead atoms. The van der Waals surface area contributed by atoms with E-state index in [2.05, 4.69) is 20.9 Å². The smallest absolute Gasteiger partial charge is 0.228 e. The number of imidazole rings is 1. The fourth-order valence-corrected chi connectivity index (χ4v) is 4.96. The van der Waals surface area contributed by atoms with Crippen molar-refractivity contribution in [2.24, 2.45) is 0 Å². The molecule has 156 valence electrons. The van der Waals surface area contributed by atoms with Crippen molar-refractivity contribution in [2.45, 2.75) is 44.2 Å². The van der Waals surface area contributed by atoms with Gasteiger partial charge in [-0.1, -0.05) is 0 Å². The molecule has 0 spiro atoms. The van der Waals surface area contributed by atoms with Gasteiger partial charge in [0.1, 0.15) is 11.6 Å². The Morgan fingerprint density at radius 3 is 2.83 bits per heavy atom. The quantitative estimate of drug-likeness (QED) is 0.523. The molecule has 1 atom stereocenters. The Bertz CT molecular complexity index is 1000. The van der Waals surface area contributed by atoms with E-state index in [1.54, 1.807) is 4.90 Å². The first-order chi connectivity index (χ1) is 13.9. The number of benzene rings is 1. The van der Waals surface area contributed by atoms with Crippen LogP contribution in [0.3, 0.4) is 0 Å².